The minimum absolute atomic E-state index is 0.209. The zero-order chi connectivity index (χ0) is 19.9. The molecule has 0 atom stereocenters. The van der Waals surface area contributed by atoms with Crippen molar-refractivity contribution in [2.45, 2.75) is 40.2 Å². The van der Waals surface area contributed by atoms with E-state index in [1.165, 1.54) is 11.3 Å². The van der Waals surface area contributed by atoms with Crippen molar-refractivity contribution in [1.29, 1.82) is 0 Å². The van der Waals surface area contributed by atoms with Gasteiger partial charge < -0.3 is 20.7 Å². The number of fused-ring (bicyclic) bond motifs is 1. The van der Waals surface area contributed by atoms with E-state index in [-0.39, 0.29) is 17.9 Å². The van der Waals surface area contributed by atoms with Gasteiger partial charge in [-0.3, -0.25) is 4.79 Å². The summed E-state index contributed by atoms with van der Waals surface area (Å²) in [6, 6.07) is 0. The summed E-state index contributed by atoms with van der Waals surface area (Å²) in [5.41, 5.74) is 7.89. The SMILES string of the molecule is Cc1nnc2sc(C(=O)NCC3CN(C(=O)OC(C)(C)C)C3)c(N)c2c1C. The van der Waals surface area contributed by atoms with Gasteiger partial charge in [0, 0.05) is 30.9 Å². The molecule has 0 radical (unpaired) electrons. The molecule has 0 aromatic carbocycles. The van der Waals surface area contributed by atoms with Crippen LogP contribution in [0.5, 0.6) is 0 Å². The van der Waals surface area contributed by atoms with E-state index in [2.05, 4.69) is 15.5 Å². The standard InChI is InChI=1S/C18H25N5O3S/c1-9-10(2)21-22-16-12(9)13(19)14(27-16)15(24)20-6-11-7-23(8-11)17(25)26-18(3,4)5/h11H,6-8,19H2,1-5H3,(H,20,24). The highest BCUT2D eigenvalue weighted by Gasteiger charge is 2.34. The van der Waals surface area contributed by atoms with E-state index in [0.717, 1.165) is 16.6 Å². The maximum Gasteiger partial charge on any atom is 0.410 e. The minimum Gasteiger partial charge on any atom is -0.444 e. The molecular weight excluding hydrogens is 366 g/mol. The van der Waals surface area contributed by atoms with Gasteiger partial charge in [0.1, 0.15) is 15.3 Å². The summed E-state index contributed by atoms with van der Waals surface area (Å²) in [6.07, 6.45) is -0.316. The molecule has 3 rings (SSSR count). The van der Waals surface area contributed by atoms with Crippen molar-refractivity contribution in [2.75, 3.05) is 25.4 Å². The summed E-state index contributed by atoms with van der Waals surface area (Å²) in [4.78, 5) is 27.2. The molecule has 27 heavy (non-hydrogen) atoms. The molecule has 1 saturated heterocycles. The van der Waals surface area contributed by atoms with E-state index in [0.29, 0.717) is 35.0 Å². The van der Waals surface area contributed by atoms with Crippen LogP contribution in [0, 0.1) is 19.8 Å². The number of likely N-dealkylation sites (tertiary alicyclic amines) is 1. The number of anilines is 1. The predicted molar refractivity (Wildman–Crippen MR) is 105 cm³/mol. The number of ether oxygens (including phenoxy) is 1. The minimum atomic E-state index is -0.505. The molecule has 3 N–H and O–H groups in total. The van der Waals surface area contributed by atoms with E-state index in [1.807, 2.05) is 34.6 Å². The Bertz CT molecular complexity index is 897. The Hall–Kier alpha value is -2.42. The van der Waals surface area contributed by atoms with Crippen LogP contribution in [0.15, 0.2) is 0 Å². The van der Waals surface area contributed by atoms with Crippen LogP contribution in [0.3, 0.4) is 0 Å². The zero-order valence-corrected chi connectivity index (χ0v) is 17.1. The van der Waals surface area contributed by atoms with Gasteiger partial charge in [-0.25, -0.2) is 4.79 Å². The van der Waals surface area contributed by atoms with Crippen LogP contribution in [0.2, 0.25) is 0 Å². The van der Waals surface area contributed by atoms with Crippen LogP contribution in [-0.4, -0.2) is 52.3 Å². The molecule has 1 aliphatic rings. The van der Waals surface area contributed by atoms with Crippen LogP contribution >= 0.6 is 11.3 Å². The molecule has 3 heterocycles. The number of amides is 2. The average molecular weight is 391 g/mol. The summed E-state index contributed by atoms with van der Waals surface area (Å²) in [6.45, 7) is 10.9. The third-order valence-corrected chi connectivity index (χ3v) is 5.59. The molecule has 2 aromatic heterocycles. The van der Waals surface area contributed by atoms with Gasteiger partial charge in [-0.05, 0) is 40.2 Å². The van der Waals surface area contributed by atoms with Crippen molar-refractivity contribution >= 4 is 39.2 Å². The lowest BCUT2D eigenvalue weighted by molar-refractivity contribution is -0.000525. The highest BCUT2D eigenvalue weighted by atomic mass is 32.1. The fourth-order valence-corrected chi connectivity index (χ4v) is 3.92. The molecule has 0 saturated carbocycles. The Balaban J connectivity index is 1.57. The number of aromatic nitrogens is 2. The second kappa shape index (κ2) is 6.95. The van der Waals surface area contributed by atoms with Gasteiger partial charge in [0.05, 0.1) is 11.4 Å². The van der Waals surface area contributed by atoms with Crippen molar-refractivity contribution in [3.05, 3.63) is 16.1 Å². The van der Waals surface area contributed by atoms with Gasteiger partial charge >= 0.3 is 6.09 Å². The van der Waals surface area contributed by atoms with Crippen molar-refractivity contribution < 1.29 is 14.3 Å². The quantitative estimate of drug-likeness (QED) is 0.832. The summed E-state index contributed by atoms with van der Waals surface area (Å²) in [7, 11) is 0. The Morgan fingerprint density at radius 2 is 1.96 bits per heavy atom. The second-order valence-electron chi connectivity index (χ2n) is 7.90. The summed E-state index contributed by atoms with van der Waals surface area (Å²) in [5.74, 6) is -0.0101. The number of hydrogen-bond donors (Lipinski definition) is 2. The first-order chi connectivity index (χ1) is 12.6. The Morgan fingerprint density at radius 3 is 2.59 bits per heavy atom. The van der Waals surface area contributed by atoms with E-state index < -0.39 is 5.60 Å². The van der Waals surface area contributed by atoms with Gasteiger partial charge in [-0.1, -0.05) is 0 Å². The molecule has 0 spiro atoms. The monoisotopic (exact) mass is 391 g/mol. The van der Waals surface area contributed by atoms with E-state index in [4.69, 9.17) is 10.5 Å². The number of rotatable bonds is 3. The topological polar surface area (TPSA) is 110 Å². The molecule has 9 heteroatoms. The summed E-state index contributed by atoms with van der Waals surface area (Å²) in [5, 5.41) is 11.9. The van der Waals surface area contributed by atoms with Crippen LogP contribution in [-0.2, 0) is 4.74 Å². The normalized spacial score (nSPS) is 14.9. The maximum absolute atomic E-state index is 12.5. The van der Waals surface area contributed by atoms with Crippen LogP contribution in [0.25, 0.3) is 10.2 Å². The smallest absolute Gasteiger partial charge is 0.410 e. The number of thiophene rings is 1. The maximum atomic E-state index is 12.5. The molecule has 1 aliphatic heterocycles. The summed E-state index contributed by atoms with van der Waals surface area (Å²) < 4.78 is 5.33. The lowest BCUT2D eigenvalue weighted by Crippen LogP contribution is -2.54. The molecule has 0 unspecified atom stereocenters. The molecule has 2 amide bonds. The number of nitrogen functional groups attached to an aromatic ring is 1. The van der Waals surface area contributed by atoms with Crippen LogP contribution < -0.4 is 11.1 Å². The lowest BCUT2D eigenvalue weighted by Gasteiger charge is -2.39. The first-order valence-electron chi connectivity index (χ1n) is 8.84. The molecule has 0 aliphatic carbocycles. The lowest BCUT2D eigenvalue weighted by atomic mass is 10.0. The van der Waals surface area contributed by atoms with Gasteiger partial charge in [0.15, 0.2) is 0 Å². The molecule has 2 aromatic rings. The first kappa shape index (κ1) is 19.3. The highest BCUT2D eigenvalue weighted by Crippen LogP contribution is 2.34. The third-order valence-electron chi connectivity index (χ3n) is 4.50. The number of carbonyl (C=O) groups excluding carboxylic acids is 2. The second-order valence-corrected chi connectivity index (χ2v) is 8.90. The number of hydrogen-bond acceptors (Lipinski definition) is 7. The van der Waals surface area contributed by atoms with E-state index in [1.54, 1.807) is 4.90 Å². The van der Waals surface area contributed by atoms with E-state index >= 15 is 0 Å². The number of nitrogens with two attached hydrogens (primary N) is 1. The van der Waals surface area contributed by atoms with Crippen molar-refractivity contribution in [1.82, 2.24) is 20.4 Å². The van der Waals surface area contributed by atoms with Crippen LogP contribution in [0.1, 0.15) is 41.7 Å². The highest BCUT2D eigenvalue weighted by molar-refractivity contribution is 7.21. The zero-order valence-electron chi connectivity index (χ0n) is 16.3. The predicted octanol–water partition coefficient (Wildman–Crippen LogP) is 2.49. The van der Waals surface area contributed by atoms with Gasteiger partial charge in [-0.15, -0.1) is 16.4 Å². The Morgan fingerprint density at radius 1 is 1.30 bits per heavy atom. The Labute approximate surface area is 162 Å². The third kappa shape index (κ3) is 3.97. The van der Waals surface area contributed by atoms with Crippen molar-refractivity contribution in [3.8, 4) is 0 Å². The molecular formula is C18H25N5O3S. The molecule has 1 fully saturated rings. The molecule has 0 bridgehead atoms. The number of aryl methyl sites for hydroxylation is 2. The Kier molecular flexibility index (Phi) is 4.98. The fourth-order valence-electron chi connectivity index (χ4n) is 2.90. The fraction of sp³-hybridized carbons (Fsp3) is 0.556. The van der Waals surface area contributed by atoms with Gasteiger partial charge in [0.2, 0.25) is 0 Å². The molecule has 8 nitrogen and oxygen atoms in total. The largest absolute Gasteiger partial charge is 0.444 e. The first-order valence-corrected chi connectivity index (χ1v) is 9.66. The van der Waals surface area contributed by atoms with Crippen molar-refractivity contribution in [3.63, 3.8) is 0 Å². The van der Waals surface area contributed by atoms with E-state index in [9.17, 15) is 9.59 Å². The number of nitrogens with one attached hydrogen (secondary N) is 1. The number of carbonyl (C=O) groups is 2. The van der Waals surface area contributed by atoms with Crippen molar-refractivity contribution in [2.24, 2.45) is 5.92 Å². The molecule has 146 valence electrons. The van der Waals surface area contributed by atoms with Gasteiger partial charge in [0.25, 0.3) is 5.91 Å². The summed E-state index contributed by atoms with van der Waals surface area (Å²) >= 11 is 1.25. The van der Waals surface area contributed by atoms with Gasteiger partial charge in [-0.2, -0.15) is 5.10 Å². The number of nitrogens with zero attached hydrogens (tertiary/aromatic N) is 3. The average Bonchev–Trinajstić information content (AvgIpc) is 2.85. The van der Waals surface area contributed by atoms with Crippen LogP contribution in [0.4, 0.5) is 10.5 Å².